The molecule has 102 valence electrons. The first kappa shape index (κ1) is 13.9. The highest BCUT2D eigenvalue weighted by Gasteiger charge is 2.07. The summed E-state index contributed by atoms with van der Waals surface area (Å²) in [6.45, 7) is 2.78. The van der Waals surface area contributed by atoms with Gasteiger partial charge in [0.25, 0.3) is 0 Å². The minimum Gasteiger partial charge on any atom is -0.508 e. The summed E-state index contributed by atoms with van der Waals surface area (Å²) in [4.78, 5) is 0. The normalized spacial score (nSPS) is 12.3. The average Bonchev–Trinajstić information content (AvgIpc) is 2.90. The van der Waals surface area contributed by atoms with Gasteiger partial charge in [-0.2, -0.15) is 11.3 Å². The zero-order chi connectivity index (χ0) is 13.7. The van der Waals surface area contributed by atoms with Gasteiger partial charge in [-0.1, -0.05) is 0 Å². The lowest BCUT2D eigenvalue weighted by atomic mass is 10.1. The van der Waals surface area contributed by atoms with Crippen LogP contribution in [0.25, 0.3) is 0 Å². The van der Waals surface area contributed by atoms with E-state index in [1.165, 1.54) is 5.56 Å². The quantitative estimate of drug-likeness (QED) is 0.852. The van der Waals surface area contributed by atoms with Crippen molar-refractivity contribution in [2.45, 2.75) is 25.9 Å². The fraction of sp³-hybridized carbons (Fsp3) is 0.333. The summed E-state index contributed by atoms with van der Waals surface area (Å²) >= 11 is 1.72. The molecule has 2 aromatic rings. The minimum absolute atomic E-state index is 0.302. The Hall–Kier alpha value is -1.52. The lowest BCUT2D eigenvalue weighted by Gasteiger charge is -2.14. The van der Waals surface area contributed by atoms with Gasteiger partial charge in [-0.05, 0) is 53.9 Å². The molecule has 1 aromatic heterocycles. The first-order valence-corrected chi connectivity index (χ1v) is 7.23. The van der Waals surface area contributed by atoms with Crippen molar-refractivity contribution in [2.24, 2.45) is 0 Å². The van der Waals surface area contributed by atoms with Crippen molar-refractivity contribution in [3.8, 4) is 11.5 Å². The van der Waals surface area contributed by atoms with Crippen LogP contribution < -0.4 is 10.1 Å². The van der Waals surface area contributed by atoms with Crippen molar-refractivity contribution in [1.29, 1.82) is 0 Å². The molecule has 0 amide bonds. The van der Waals surface area contributed by atoms with Crippen LogP contribution in [0.3, 0.4) is 0 Å². The Balaban J connectivity index is 1.91. The standard InChI is InChI=1S/C15H19NO2S/c1-11(7-12-5-6-19-10-12)16-9-13-8-14(18-2)3-4-15(13)17/h3-6,8,10-11,16-17H,7,9H2,1-2H3. The predicted molar refractivity (Wildman–Crippen MR) is 79.0 cm³/mol. The molecule has 2 N–H and O–H groups in total. The number of thiophene rings is 1. The fourth-order valence-corrected chi connectivity index (χ4v) is 2.63. The number of hydrogen-bond acceptors (Lipinski definition) is 4. The number of phenols is 1. The van der Waals surface area contributed by atoms with Gasteiger partial charge < -0.3 is 15.2 Å². The molecule has 1 atom stereocenters. The molecule has 0 fully saturated rings. The maximum atomic E-state index is 9.81. The van der Waals surface area contributed by atoms with Crippen molar-refractivity contribution >= 4 is 11.3 Å². The van der Waals surface area contributed by atoms with E-state index in [2.05, 4.69) is 29.1 Å². The van der Waals surface area contributed by atoms with Gasteiger partial charge >= 0.3 is 0 Å². The Morgan fingerprint density at radius 3 is 2.89 bits per heavy atom. The van der Waals surface area contributed by atoms with Crippen LogP contribution in [-0.4, -0.2) is 18.3 Å². The molecule has 1 aromatic carbocycles. The van der Waals surface area contributed by atoms with Gasteiger partial charge in [0, 0.05) is 18.2 Å². The highest BCUT2D eigenvalue weighted by Crippen LogP contribution is 2.22. The summed E-state index contributed by atoms with van der Waals surface area (Å²) in [7, 11) is 1.63. The molecule has 1 heterocycles. The maximum absolute atomic E-state index is 9.81. The van der Waals surface area contributed by atoms with Crippen LogP contribution in [0, 0.1) is 0 Å². The molecule has 0 aliphatic rings. The third-order valence-corrected chi connectivity index (χ3v) is 3.78. The molecule has 0 aliphatic carbocycles. The fourth-order valence-electron chi connectivity index (χ4n) is 1.95. The van der Waals surface area contributed by atoms with E-state index in [1.807, 2.05) is 6.07 Å². The van der Waals surface area contributed by atoms with Gasteiger partial charge in [0.1, 0.15) is 11.5 Å². The van der Waals surface area contributed by atoms with E-state index in [1.54, 1.807) is 30.6 Å². The van der Waals surface area contributed by atoms with Crippen molar-refractivity contribution in [3.05, 3.63) is 46.2 Å². The number of benzene rings is 1. The van der Waals surface area contributed by atoms with Gasteiger partial charge in [0.15, 0.2) is 0 Å². The highest BCUT2D eigenvalue weighted by molar-refractivity contribution is 7.07. The summed E-state index contributed by atoms with van der Waals surface area (Å²) in [5.74, 6) is 1.07. The van der Waals surface area contributed by atoms with Crippen LogP contribution in [0.5, 0.6) is 11.5 Å². The summed E-state index contributed by atoms with van der Waals surface area (Å²) < 4.78 is 5.16. The van der Waals surface area contributed by atoms with Gasteiger partial charge in [-0.25, -0.2) is 0 Å². The molecule has 1 unspecified atom stereocenters. The molecule has 19 heavy (non-hydrogen) atoms. The zero-order valence-corrected chi connectivity index (χ0v) is 12.0. The molecular weight excluding hydrogens is 258 g/mol. The largest absolute Gasteiger partial charge is 0.508 e. The van der Waals surface area contributed by atoms with Gasteiger partial charge in [0.2, 0.25) is 0 Å². The van der Waals surface area contributed by atoms with Crippen molar-refractivity contribution in [3.63, 3.8) is 0 Å². The number of hydrogen-bond donors (Lipinski definition) is 2. The highest BCUT2D eigenvalue weighted by atomic mass is 32.1. The Kier molecular flexibility index (Phi) is 4.82. The monoisotopic (exact) mass is 277 g/mol. The molecule has 0 radical (unpaired) electrons. The third-order valence-electron chi connectivity index (χ3n) is 3.05. The molecule has 0 saturated carbocycles. The van der Waals surface area contributed by atoms with E-state index in [9.17, 15) is 5.11 Å². The van der Waals surface area contributed by atoms with Crippen molar-refractivity contribution < 1.29 is 9.84 Å². The number of phenolic OH excluding ortho intramolecular Hbond substituents is 1. The van der Waals surface area contributed by atoms with E-state index >= 15 is 0 Å². The van der Waals surface area contributed by atoms with Crippen LogP contribution in [0.2, 0.25) is 0 Å². The smallest absolute Gasteiger partial charge is 0.120 e. The van der Waals surface area contributed by atoms with E-state index in [4.69, 9.17) is 4.74 Å². The molecule has 2 rings (SSSR count). The first-order valence-electron chi connectivity index (χ1n) is 6.29. The Labute approximate surface area is 117 Å². The molecule has 0 saturated heterocycles. The summed E-state index contributed by atoms with van der Waals surface area (Å²) in [5, 5.41) is 17.5. The number of ether oxygens (including phenoxy) is 1. The summed E-state index contributed by atoms with van der Waals surface area (Å²) in [5.41, 5.74) is 2.20. The van der Waals surface area contributed by atoms with E-state index in [0.717, 1.165) is 17.7 Å². The molecule has 0 aliphatic heterocycles. The SMILES string of the molecule is COc1ccc(O)c(CNC(C)Cc2ccsc2)c1. The molecule has 0 bridgehead atoms. The predicted octanol–water partition coefficient (Wildman–Crippen LogP) is 3.18. The van der Waals surface area contributed by atoms with Gasteiger partial charge in [-0.3, -0.25) is 0 Å². The van der Waals surface area contributed by atoms with E-state index in [0.29, 0.717) is 18.3 Å². The zero-order valence-electron chi connectivity index (χ0n) is 11.2. The van der Waals surface area contributed by atoms with Crippen LogP contribution >= 0.6 is 11.3 Å². The Morgan fingerprint density at radius 1 is 1.37 bits per heavy atom. The number of rotatable bonds is 6. The second-order valence-corrected chi connectivity index (χ2v) is 5.39. The second kappa shape index (κ2) is 6.59. The van der Waals surface area contributed by atoms with Crippen LogP contribution in [0.1, 0.15) is 18.1 Å². The van der Waals surface area contributed by atoms with Crippen LogP contribution in [-0.2, 0) is 13.0 Å². The first-order chi connectivity index (χ1) is 9.19. The topological polar surface area (TPSA) is 41.5 Å². The van der Waals surface area contributed by atoms with Gasteiger partial charge in [-0.15, -0.1) is 0 Å². The Morgan fingerprint density at radius 2 is 2.21 bits per heavy atom. The van der Waals surface area contributed by atoms with Crippen molar-refractivity contribution in [2.75, 3.05) is 7.11 Å². The van der Waals surface area contributed by atoms with Crippen LogP contribution in [0.15, 0.2) is 35.0 Å². The van der Waals surface area contributed by atoms with Crippen LogP contribution in [0.4, 0.5) is 0 Å². The lowest BCUT2D eigenvalue weighted by molar-refractivity contribution is 0.409. The number of nitrogens with one attached hydrogen (secondary N) is 1. The summed E-state index contributed by atoms with van der Waals surface area (Å²) in [6, 6.07) is 7.79. The average molecular weight is 277 g/mol. The second-order valence-electron chi connectivity index (χ2n) is 4.61. The minimum atomic E-state index is 0.302. The van der Waals surface area contributed by atoms with Gasteiger partial charge in [0.05, 0.1) is 7.11 Å². The molecule has 0 spiro atoms. The third kappa shape index (κ3) is 3.98. The Bertz CT molecular complexity index is 511. The maximum Gasteiger partial charge on any atom is 0.120 e. The number of methoxy groups -OCH3 is 1. The van der Waals surface area contributed by atoms with E-state index < -0.39 is 0 Å². The molecular formula is C15H19NO2S. The van der Waals surface area contributed by atoms with Crippen molar-refractivity contribution in [1.82, 2.24) is 5.32 Å². The summed E-state index contributed by atoms with van der Waals surface area (Å²) in [6.07, 6.45) is 0.994. The van der Waals surface area contributed by atoms with E-state index in [-0.39, 0.29) is 0 Å². The molecule has 4 heteroatoms. The number of aromatic hydroxyl groups is 1. The molecule has 3 nitrogen and oxygen atoms in total. The lowest BCUT2D eigenvalue weighted by Crippen LogP contribution is -2.27.